The molecular formula is C42H30N4O. The number of anilines is 1. The van der Waals surface area contributed by atoms with E-state index in [2.05, 4.69) is 115 Å². The molecule has 0 bridgehead atoms. The van der Waals surface area contributed by atoms with Gasteiger partial charge >= 0.3 is 0 Å². The van der Waals surface area contributed by atoms with Gasteiger partial charge in [0.25, 0.3) is 0 Å². The molecule has 0 aliphatic carbocycles. The highest BCUT2D eigenvalue weighted by atomic mass is 16.3. The number of furan rings is 1. The summed E-state index contributed by atoms with van der Waals surface area (Å²) in [5.74, 6) is 1.80. The van der Waals surface area contributed by atoms with Crippen molar-refractivity contribution in [2.45, 2.75) is 13.1 Å². The number of allylic oxidation sites excluding steroid dienone is 1. The molecule has 0 radical (unpaired) electrons. The first-order chi connectivity index (χ1) is 23.1. The van der Waals surface area contributed by atoms with E-state index in [1.807, 2.05) is 37.3 Å². The maximum absolute atomic E-state index is 6.52. The van der Waals surface area contributed by atoms with Gasteiger partial charge in [-0.05, 0) is 73.8 Å². The molecule has 0 spiro atoms. The lowest BCUT2D eigenvalue weighted by Gasteiger charge is -2.24. The van der Waals surface area contributed by atoms with E-state index in [4.69, 9.17) is 20.1 Å². The molecule has 1 aromatic heterocycles. The molecule has 0 saturated carbocycles. The maximum Gasteiger partial charge on any atom is 0.199 e. The number of fused-ring (bicyclic) bond motifs is 7. The van der Waals surface area contributed by atoms with Gasteiger partial charge in [0.05, 0.1) is 5.56 Å². The zero-order valence-corrected chi connectivity index (χ0v) is 25.7. The molecule has 1 aliphatic rings. The lowest BCUT2D eigenvalue weighted by atomic mass is 9.95. The Hall–Kier alpha value is -6.20. The minimum Gasteiger partial charge on any atom is -0.440 e. The molecule has 1 atom stereocenters. The molecule has 47 heavy (non-hydrogen) atoms. The van der Waals surface area contributed by atoms with Crippen molar-refractivity contribution in [1.29, 1.82) is 0 Å². The first kappa shape index (κ1) is 27.1. The van der Waals surface area contributed by atoms with Crippen molar-refractivity contribution in [2.75, 3.05) is 5.73 Å². The lowest BCUT2D eigenvalue weighted by molar-refractivity contribution is 0.636. The number of amidine groups is 2. The quantitative estimate of drug-likeness (QED) is 0.196. The fourth-order valence-electron chi connectivity index (χ4n) is 6.98. The van der Waals surface area contributed by atoms with Crippen LogP contribution >= 0.6 is 0 Å². The minimum atomic E-state index is -0.462. The Morgan fingerprint density at radius 1 is 0.660 bits per heavy atom. The second-order valence-electron chi connectivity index (χ2n) is 12.0. The van der Waals surface area contributed by atoms with Gasteiger partial charge in [0.15, 0.2) is 12.0 Å². The van der Waals surface area contributed by atoms with Crippen LogP contribution in [0, 0.1) is 0 Å². The Kier molecular flexibility index (Phi) is 6.18. The lowest BCUT2D eigenvalue weighted by Crippen LogP contribution is -2.36. The van der Waals surface area contributed by atoms with Gasteiger partial charge in [-0.25, -0.2) is 9.98 Å². The van der Waals surface area contributed by atoms with Crippen molar-refractivity contribution in [3.05, 3.63) is 156 Å². The van der Waals surface area contributed by atoms with Crippen LogP contribution in [0.25, 0.3) is 59.6 Å². The molecule has 7 aromatic carbocycles. The third kappa shape index (κ3) is 4.47. The predicted octanol–water partition coefficient (Wildman–Crippen LogP) is 10.2. The SMILES string of the molecule is C/C=C(/C1=NC(c2ccc3ccccc3c2)N=C(c2ccc3c(ccc4ccc5ccccc5c43)c2)N1)c1c(N)oc2ccccc12. The van der Waals surface area contributed by atoms with Crippen LogP contribution in [0.15, 0.2) is 154 Å². The second-order valence-corrected chi connectivity index (χ2v) is 12.0. The molecule has 0 fully saturated rings. The number of para-hydroxylation sites is 1. The zero-order chi connectivity index (χ0) is 31.5. The predicted molar refractivity (Wildman–Crippen MR) is 197 cm³/mol. The fourth-order valence-corrected chi connectivity index (χ4v) is 6.98. The van der Waals surface area contributed by atoms with Gasteiger partial charge in [-0.2, -0.15) is 0 Å². The average Bonchev–Trinajstić information content (AvgIpc) is 3.46. The van der Waals surface area contributed by atoms with Crippen LogP contribution in [0.4, 0.5) is 5.88 Å². The maximum atomic E-state index is 6.52. The summed E-state index contributed by atoms with van der Waals surface area (Å²) in [6, 6.07) is 46.7. The van der Waals surface area contributed by atoms with E-state index >= 15 is 0 Å². The first-order valence-corrected chi connectivity index (χ1v) is 15.8. The molecule has 8 aromatic rings. The summed E-state index contributed by atoms with van der Waals surface area (Å²) in [6.45, 7) is 2.00. The van der Waals surface area contributed by atoms with Gasteiger partial charge < -0.3 is 15.5 Å². The van der Waals surface area contributed by atoms with Crippen molar-refractivity contribution >= 4 is 77.2 Å². The molecule has 9 rings (SSSR count). The highest BCUT2D eigenvalue weighted by molar-refractivity contribution is 6.32. The highest BCUT2D eigenvalue weighted by Crippen LogP contribution is 2.37. The summed E-state index contributed by atoms with van der Waals surface area (Å²) in [6.07, 6.45) is 1.58. The Bertz CT molecular complexity index is 2640. The number of nitrogens with two attached hydrogens (primary N) is 1. The molecule has 224 valence electrons. The zero-order valence-electron chi connectivity index (χ0n) is 25.7. The van der Waals surface area contributed by atoms with Crippen LogP contribution in [-0.2, 0) is 0 Å². The Morgan fingerprint density at radius 3 is 2.19 bits per heavy atom. The number of hydrogen-bond donors (Lipinski definition) is 2. The molecule has 5 heteroatoms. The third-order valence-electron chi connectivity index (χ3n) is 9.25. The topological polar surface area (TPSA) is 75.9 Å². The number of nitrogen functional groups attached to an aromatic ring is 1. The summed E-state index contributed by atoms with van der Waals surface area (Å²) < 4.78 is 5.98. The second kappa shape index (κ2) is 10.7. The van der Waals surface area contributed by atoms with Gasteiger partial charge in [-0.15, -0.1) is 0 Å². The van der Waals surface area contributed by atoms with Crippen molar-refractivity contribution in [3.63, 3.8) is 0 Å². The molecule has 3 N–H and O–H groups in total. The average molecular weight is 607 g/mol. The van der Waals surface area contributed by atoms with E-state index < -0.39 is 6.17 Å². The summed E-state index contributed by atoms with van der Waals surface area (Å²) in [7, 11) is 0. The van der Waals surface area contributed by atoms with Crippen molar-refractivity contribution < 1.29 is 4.42 Å². The van der Waals surface area contributed by atoms with Gasteiger partial charge in [-0.3, -0.25) is 0 Å². The Labute approximate surface area is 271 Å². The molecular weight excluding hydrogens is 576 g/mol. The number of benzene rings is 7. The van der Waals surface area contributed by atoms with E-state index in [-0.39, 0.29) is 0 Å². The Balaban J connectivity index is 1.21. The van der Waals surface area contributed by atoms with E-state index in [9.17, 15) is 0 Å². The van der Waals surface area contributed by atoms with E-state index in [1.54, 1.807) is 0 Å². The molecule has 2 heterocycles. The van der Waals surface area contributed by atoms with E-state index in [0.717, 1.165) is 49.8 Å². The summed E-state index contributed by atoms with van der Waals surface area (Å²) in [4.78, 5) is 10.4. The first-order valence-electron chi connectivity index (χ1n) is 15.8. The van der Waals surface area contributed by atoms with Crippen molar-refractivity contribution in [2.24, 2.45) is 9.98 Å². The van der Waals surface area contributed by atoms with Crippen LogP contribution in [0.1, 0.15) is 29.8 Å². The molecule has 0 amide bonds. The molecule has 5 nitrogen and oxygen atoms in total. The van der Waals surface area contributed by atoms with Gasteiger partial charge in [0, 0.05) is 16.5 Å². The molecule has 1 unspecified atom stereocenters. The third-order valence-corrected chi connectivity index (χ3v) is 9.25. The summed E-state index contributed by atoms with van der Waals surface area (Å²) >= 11 is 0. The van der Waals surface area contributed by atoms with Crippen LogP contribution in [0.2, 0.25) is 0 Å². The van der Waals surface area contributed by atoms with Gasteiger partial charge in [0.2, 0.25) is 0 Å². The normalized spacial score (nSPS) is 15.3. The number of nitrogens with zero attached hydrogens (tertiary/aromatic N) is 2. The smallest absolute Gasteiger partial charge is 0.199 e. The number of rotatable bonds is 4. The monoisotopic (exact) mass is 606 g/mol. The standard InChI is InChI=1S/C42H30N4O/c1-2-32(38-35-13-7-8-14-36(35)47-39(38)43)42-45-40(30-20-15-25-9-3-4-11-28(25)23-30)44-41(46-42)31-21-22-34-29(24-31)19-18-27-17-16-26-10-5-6-12-33(26)37(27)34/h2-24,40H,43H2,1H3,(H,44,45,46)/b32-2+. The van der Waals surface area contributed by atoms with Crippen LogP contribution in [0.5, 0.6) is 0 Å². The fraction of sp³-hybridized carbons (Fsp3) is 0.0476. The largest absolute Gasteiger partial charge is 0.440 e. The summed E-state index contributed by atoms with van der Waals surface area (Å²) in [5, 5.41) is 14.2. The summed E-state index contributed by atoms with van der Waals surface area (Å²) in [5.41, 5.74) is 10.9. The van der Waals surface area contributed by atoms with Crippen molar-refractivity contribution in [3.8, 4) is 0 Å². The van der Waals surface area contributed by atoms with Crippen molar-refractivity contribution in [1.82, 2.24) is 5.32 Å². The minimum absolute atomic E-state index is 0.361. The number of hydrogen-bond acceptors (Lipinski definition) is 5. The number of aliphatic imine (C=N–C) groups is 2. The number of nitrogens with one attached hydrogen (secondary N) is 1. The molecule has 0 saturated heterocycles. The Morgan fingerprint density at radius 2 is 1.34 bits per heavy atom. The van der Waals surface area contributed by atoms with E-state index in [1.165, 1.54) is 32.3 Å². The van der Waals surface area contributed by atoms with Gasteiger partial charge in [-0.1, -0.05) is 121 Å². The van der Waals surface area contributed by atoms with E-state index in [0.29, 0.717) is 11.7 Å². The van der Waals surface area contributed by atoms with Gasteiger partial charge in [0.1, 0.15) is 17.3 Å². The molecule has 1 aliphatic heterocycles. The van der Waals surface area contributed by atoms with Crippen LogP contribution < -0.4 is 11.1 Å². The highest BCUT2D eigenvalue weighted by Gasteiger charge is 2.26. The van der Waals surface area contributed by atoms with Crippen LogP contribution in [0.3, 0.4) is 0 Å². The van der Waals surface area contributed by atoms with Crippen LogP contribution in [-0.4, -0.2) is 11.7 Å².